The molecule has 0 aliphatic rings. The second kappa shape index (κ2) is 9.10. The van der Waals surface area contributed by atoms with Gasteiger partial charge in [-0.05, 0) is 42.0 Å². The number of carbonyl (C=O) groups excluding carboxylic acids is 1. The molecule has 0 bridgehead atoms. The molecular formula is C21H20ClN3O3. The first-order chi connectivity index (χ1) is 13.6. The van der Waals surface area contributed by atoms with Gasteiger partial charge in [0.1, 0.15) is 5.69 Å². The zero-order valence-electron chi connectivity index (χ0n) is 15.5. The second-order valence-electron chi connectivity index (χ2n) is 5.91. The van der Waals surface area contributed by atoms with Crippen molar-refractivity contribution in [2.45, 2.75) is 6.54 Å². The fourth-order valence-electron chi connectivity index (χ4n) is 2.61. The topological polar surface area (TPSA) is 72.5 Å². The lowest BCUT2D eigenvalue weighted by molar-refractivity contribution is 0.0946. The van der Waals surface area contributed by atoms with Crippen LogP contribution in [0.2, 0.25) is 5.02 Å². The lowest BCUT2D eigenvalue weighted by atomic mass is 10.2. The Morgan fingerprint density at radius 1 is 1.04 bits per heavy atom. The van der Waals surface area contributed by atoms with Gasteiger partial charge in [-0.25, -0.2) is 0 Å². The van der Waals surface area contributed by atoms with Crippen LogP contribution in [0.4, 0.5) is 11.4 Å². The highest BCUT2D eigenvalue weighted by molar-refractivity contribution is 6.33. The summed E-state index contributed by atoms with van der Waals surface area (Å²) in [5.74, 6) is 0.966. The molecule has 0 unspecified atom stereocenters. The van der Waals surface area contributed by atoms with Crippen LogP contribution in [-0.2, 0) is 6.54 Å². The number of benzene rings is 2. The first-order valence-corrected chi connectivity index (χ1v) is 8.95. The Morgan fingerprint density at radius 3 is 2.57 bits per heavy atom. The van der Waals surface area contributed by atoms with Gasteiger partial charge in [0.05, 0.1) is 24.9 Å². The molecule has 0 spiro atoms. The van der Waals surface area contributed by atoms with Crippen LogP contribution in [0.3, 0.4) is 0 Å². The molecule has 2 N–H and O–H groups in total. The number of hydrogen-bond acceptors (Lipinski definition) is 5. The summed E-state index contributed by atoms with van der Waals surface area (Å²) in [5, 5.41) is 6.64. The Morgan fingerprint density at radius 2 is 1.82 bits per heavy atom. The number of halogens is 1. The van der Waals surface area contributed by atoms with Crippen LogP contribution in [0.25, 0.3) is 0 Å². The van der Waals surface area contributed by atoms with Gasteiger partial charge in [0, 0.05) is 18.4 Å². The number of amides is 1. The van der Waals surface area contributed by atoms with E-state index in [0.29, 0.717) is 28.8 Å². The molecule has 1 aromatic heterocycles. The van der Waals surface area contributed by atoms with Crippen LogP contribution < -0.4 is 20.1 Å². The number of carbonyl (C=O) groups is 1. The number of nitrogens with one attached hydrogen (secondary N) is 2. The van der Waals surface area contributed by atoms with Crippen LogP contribution in [0.1, 0.15) is 16.1 Å². The normalized spacial score (nSPS) is 10.2. The van der Waals surface area contributed by atoms with E-state index >= 15 is 0 Å². The number of para-hydroxylation sites is 1. The summed E-state index contributed by atoms with van der Waals surface area (Å²) in [6.45, 7) is 0.336. The molecular weight excluding hydrogens is 378 g/mol. The molecule has 0 atom stereocenters. The number of ether oxygens (including phenoxy) is 2. The first kappa shape index (κ1) is 19.5. The zero-order chi connectivity index (χ0) is 19.9. The molecule has 6 nitrogen and oxygen atoms in total. The van der Waals surface area contributed by atoms with Crippen LogP contribution in [0.5, 0.6) is 11.5 Å². The minimum atomic E-state index is -0.280. The smallest absolute Gasteiger partial charge is 0.270 e. The SMILES string of the molecule is COc1ccc(CNC(=O)c2cc(Nc3ccccc3Cl)ccn2)cc1OC. The van der Waals surface area contributed by atoms with E-state index in [-0.39, 0.29) is 5.91 Å². The van der Waals surface area contributed by atoms with Gasteiger partial charge in [0.2, 0.25) is 0 Å². The second-order valence-corrected chi connectivity index (χ2v) is 6.31. The Kier molecular flexibility index (Phi) is 6.34. The van der Waals surface area contributed by atoms with Crippen molar-refractivity contribution in [2.24, 2.45) is 0 Å². The van der Waals surface area contributed by atoms with Crippen molar-refractivity contribution in [1.29, 1.82) is 0 Å². The Balaban J connectivity index is 1.67. The van der Waals surface area contributed by atoms with E-state index in [0.717, 1.165) is 16.9 Å². The van der Waals surface area contributed by atoms with E-state index in [1.54, 1.807) is 44.7 Å². The molecule has 3 aromatic rings. The van der Waals surface area contributed by atoms with E-state index in [9.17, 15) is 4.79 Å². The first-order valence-electron chi connectivity index (χ1n) is 8.57. The molecule has 0 fully saturated rings. The predicted molar refractivity (Wildman–Crippen MR) is 110 cm³/mol. The zero-order valence-corrected chi connectivity index (χ0v) is 16.3. The molecule has 1 heterocycles. The number of anilines is 2. The quantitative estimate of drug-likeness (QED) is 0.617. The van der Waals surface area contributed by atoms with Gasteiger partial charge in [0.25, 0.3) is 5.91 Å². The Labute approximate surface area is 168 Å². The molecule has 0 aliphatic heterocycles. The Bertz CT molecular complexity index is 979. The minimum absolute atomic E-state index is 0.280. The lowest BCUT2D eigenvalue weighted by Gasteiger charge is -2.11. The highest BCUT2D eigenvalue weighted by Gasteiger charge is 2.10. The highest BCUT2D eigenvalue weighted by Crippen LogP contribution is 2.27. The van der Waals surface area contributed by atoms with Gasteiger partial charge in [0.15, 0.2) is 11.5 Å². The number of pyridine rings is 1. The van der Waals surface area contributed by atoms with Crippen LogP contribution in [0.15, 0.2) is 60.8 Å². The summed E-state index contributed by atoms with van der Waals surface area (Å²) in [5.41, 5.74) is 2.67. The number of methoxy groups -OCH3 is 2. The van der Waals surface area contributed by atoms with E-state index in [4.69, 9.17) is 21.1 Å². The fourth-order valence-corrected chi connectivity index (χ4v) is 2.80. The van der Waals surface area contributed by atoms with Gasteiger partial charge in [-0.1, -0.05) is 29.8 Å². The molecule has 2 aromatic carbocycles. The molecule has 0 aliphatic carbocycles. The Hall–Kier alpha value is -3.25. The van der Waals surface area contributed by atoms with Crippen LogP contribution in [-0.4, -0.2) is 25.1 Å². The van der Waals surface area contributed by atoms with Crippen molar-refractivity contribution >= 4 is 28.9 Å². The third kappa shape index (κ3) is 4.72. The van der Waals surface area contributed by atoms with Crippen LogP contribution >= 0.6 is 11.6 Å². The van der Waals surface area contributed by atoms with Crippen LogP contribution in [0, 0.1) is 0 Å². The number of rotatable bonds is 7. The van der Waals surface area contributed by atoms with Gasteiger partial charge in [-0.3, -0.25) is 9.78 Å². The number of hydrogen-bond donors (Lipinski definition) is 2. The van der Waals surface area contributed by atoms with E-state index in [1.165, 1.54) is 0 Å². The van der Waals surface area contributed by atoms with E-state index < -0.39 is 0 Å². The van der Waals surface area contributed by atoms with Gasteiger partial charge in [-0.15, -0.1) is 0 Å². The standard InChI is InChI=1S/C21H20ClN3O3/c1-27-19-8-7-14(11-20(19)28-2)13-24-21(26)18-12-15(9-10-23-18)25-17-6-4-3-5-16(17)22/h3-12H,13H2,1-2H3,(H,23,25)(H,24,26). The summed E-state index contributed by atoms with van der Waals surface area (Å²) < 4.78 is 10.5. The molecule has 144 valence electrons. The summed E-state index contributed by atoms with van der Waals surface area (Å²) in [6.07, 6.45) is 1.57. The highest BCUT2D eigenvalue weighted by atomic mass is 35.5. The summed E-state index contributed by atoms with van der Waals surface area (Å²) >= 11 is 6.16. The summed E-state index contributed by atoms with van der Waals surface area (Å²) in [6, 6.07) is 16.3. The molecule has 3 rings (SSSR count). The van der Waals surface area contributed by atoms with Crippen molar-refractivity contribution in [3.05, 3.63) is 77.1 Å². The van der Waals surface area contributed by atoms with E-state index in [1.807, 2.05) is 30.3 Å². The third-order valence-corrected chi connectivity index (χ3v) is 4.38. The average Bonchev–Trinajstić information content (AvgIpc) is 2.73. The van der Waals surface area contributed by atoms with Crippen molar-refractivity contribution in [2.75, 3.05) is 19.5 Å². The summed E-state index contributed by atoms with van der Waals surface area (Å²) in [7, 11) is 3.15. The third-order valence-electron chi connectivity index (χ3n) is 4.05. The molecule has 1 amide bonds. The molecule has 0 radical (unpaired) electrons. The van der Waals surface area contributed by atoms with Crippen molar-refractivity contribution in [1.82, 2.24) is 10.3 Å². The molecule has 7 heteroatoms. The average molecular weight is 398 g/mol. The van der Waals surface area contributed by atoms with E-state index in [2.05, 4.69) is 15.6 Å². The van der Waals surface area contributed by atoms with Crippen molar-refractivity contribution < 1.29 is 14.3 Å². The van der Waals surface area contributed by atoms with Gasteiger partial charge < -0.3 is 20.1 Å². The molecule has 0 saturated carbocycles. The lowest BCUT2D eigenvalue weighted by Crippen LogP contribution is -2.23. The largest absolute Gasteiger partial charge is 0.493 e. The maximum absolute atomic E-state index is 12.5. The van der Waals surface area contributed by atoms with Crippen molar-refractivity contribution in [3.8, 4) is 11.5 Å². The molecule has 28 heavy (non-hydrogen) atoms. The summed E-state index contributed by atoms with van der Waals surface area (Å²) in [4.78, 5) is 16.6. The fraction of sp³-hybridized carbons (Fsp3) is 0.143. The monoisotopic (exact) mass is 397 g/mol. The van der Waals surface area contributed by atoms with Gasteiger partial charge >= 0.3 is 0 Å². The predicted octanol–water partition coefficient (Wildman–Crippen LogP) is 4.43. The van der Waals surface area contributed by atoms with Gasteiger partial charge in [-0.2, -0.15) is 0 Å². The maximum atomic E-state index is 12.5. The number of nitrogens with zero attached hydrogens (tertiary/aromatic N) is 1. The van der Waals surface area contributed by atoms with Crippen molar-refractivity contribution in [3.63, 3.8) is 0 Å². The minimum Gasteiger partial charge on any atom is -0.493 e. The maximum Gasteiger partial charge on any atom is 0.270 e. The number of aromatic nitrogens is 1. The molecule has 0 saturated heterocycles.